The molecule has 3 aromatic rings. The van der Waals surface area contributed by atoms with E-state index in [0.29, 0.717) is 0 Å². The van der Waals surface area contributed by atoms with Gasteiger partial charge in [0.25, 0.3) is 0 Å². The zero-order valence-electron chi connectivity index (χ0n) is 10.4. The number of thiazole rings is 1. The predicted molar refractivity (Wildman–Crippen MR) is 77.6 cm³/mol. The number of aryl methyl sites for hydroxylation is 1. The van der Waals surface area contributed by atoms with Crippen LogP contribution in [-0.4, -0.2) is 9.97 Å². The van der Waals surface area contributed by atoms with Crippen LogP contribution < -0.4 is 10.4 Å². The Balaban J connectivity index is 1.94. The molecule has 1 aliphatic heterocycles. The summed E-state index contributed by atoms with van der Waals surface area (Å²) in [6, 6.07) is 8.14. The SMILES string of the molecule is Cc1cc2c(c3ncsc13)CNN2c1ccccn1. The fourth-order valence-corrected chi connectivity index (χ4v) is 3.32. The average molecular weight is 268 g/mol. The van der Waals surface area contributed by atoms with Gasteiger partial charge >= 0.3 is 0 Å². The fraction of sp³-hybridized carbons (Fsp3) is 0.143. The highest BCUT2D eigenvalue weighted by Gasteiger charge is 2.24. The Hall–Kier alpha value is -1.98. The number of nitrogens with one attached hydrogen (secondary N) is 1. The second-order valence-corrected chi connectivity index (χ2v) is 5.43. The fourth-order valence-electron chi connectivity index (χ4n) is 2.53. The van der Waals surface area contributed by atoms with Gasteiger partial charge in [0, 0.05) is 18.3 Å². The van der Waals surface area contributed by atoms with E-state index >= 15 is 0 Å². The third-order valence-corrected chi connectivity index (χ3v) is 4.37. The van der Waals surface area contributed by atoms with Crippen LogP contribution in [0.25, 0.3) is 10.2 Å². The van der Waals surface area contributed by atoms with E-state index in [4.69, 9.17) is 0 Å². The lowest BCUT2D eigenvalue weighted by molar-refractivity contribution is 0.756. The molecule has 3 heterocycles. The second kappa shape index (κ2) is 4.01. The lowest BCUT2D eigenvalue weighted by Crippen LogP contribution is -2.27. The van der Waals surface area contributed by atoms with Crippen LogP contribution in [0.4, 0.5) is 11.5 Å². The molecular formula is C14H12N4S. The van der Waals surface area contributed by atoms with Crippen molar-refractivity contribution in [2.24, 2.45) is 0 Å². The standard InChI is InChI=1S/C14H12N4S/c1-9-6-11-10(13-14(9)19-8-16-13)7-17-18(11)12-4-2-3-5-15-12/h2-6,8,17H,7H2,1H3. The molecule has 19 heavy (non-hydrogen) atoms. The predicted octanol–water partition coefficient (Wildman–Crippen LogP) is 3.16. The van der Waals surface area contributed by atoms with Gasteiger partial charge < -0.3 is 0 Å². The zero-order chi connectivity index (χ0) is 12.8. The topological polar surface area (TPSA) is 41.1 Å². The van der Waals surface area contributed by atoms with Crippen LogP contribution in [0.15, 0.2) is 36.0 Å². The molecule has 0 unspecified atom stereocenters. The minimum absolute atomic E-state index is 0.798. The number of hydrogen-bond donors (Lipinski definition) is 1. The van der Waals surface area contributed by atoms with Crippen LogP contribution in [0.1, 0.15) is 11.1 Å². The Bertz CT molecular complexity index is 751. The van der Waals surface area contributed by atoms with Crippen LogP contribution >= 0.6 is 11.3 Å². The molecule has 4 rings (SSSR count). The first-order valence-corrected chi connectivity index (χ1v) is 7.03. The van der Waals surface area contributed by atoms with Gasteiger partial charge in [-0.1, -0.05) is 6.07 Å². The van der Waals surface area contributed by atoms with Crippen molar-refractivity contribution in [1.82, 2.24) is 15.4 Å². The minimum Gasteiger partial charge on any atom is -0.259 e. The summed E-state index contributed by atoms with van der Waals surface area (Å²) in [6.07, 6.45) is 1.81. The molecule has 0 fully saturated rings. The summed E-state index contributed by atoms with van der Waals surface area (Å²) in [5.41, 5.74) is 10.1. The largest absolute Gasteiger partial charge is 0.259 e. The molecule has 0 aliphatic carbocycles. The molecule has 94 valence electrons. The Morgan fingerprint density at radius 3 is 3.11 bits per heavy atom. The van der Waals surface area contributed by atoms with E-state index in [1.54, 1.807) is 11.3 Å². The highest BCUT2D eigenvalue weighted by Crippen LogP contribution is 2.38. The van der Waals surface area contributed by atoms with Crippen LogP contribution in [-0.2, 0) is 6.54 Å². The molecule has 5 heteroatoms. The number of benzene rings is 1. The van der Waals surface area contributed by atoms with Crippen molar-refractivity contribution in [2.45, 2.75) is 13.5 Å². The third kappa shape index (κ3) is 1.55. The molecular weight excluding hydrogens is 256 g/mol. The quantitative estimate of drug-likeness (QED) is 0.736. The molecule has 0 amide bonds. The van der Waals surface area contributed by atoms with E-state index in [0.717, 1.165) is 23.6 Å². The highest BCUT2D eigenvalue weighted by molar-refractivity contribution is 7.17. The molecule has 0 radical (unpaired) electrons. The number of hydrazine groups is 1. The van der Waals surface area contributed by atoms with Gasteiger partial charge in [0.05, 0.1) is 21.4 Å². The molecule has 0 bridgehead atoms. The van der Waals surface area contributed by atoms with Crippen molar-refractivity contribution < 1.29 is 0 Å². The summed E-state index contributed by atoms with van der Waals surface area (Å²) in [6.45, 7) is 2.93. The Morgan fingerprint density at radius 1 is 1.32 bits per heavy atom. The van der Waals surface area contributed by atoms with E-state index in [1.165, 1.54) is 15.8 Å². The monoisotopic (exact) mass is 268 g/mol. The molecule has 1 aromatic carbocycles. The molecule has 0 saturated heterocycles. The minimum atomic E-state index is 0.798. The van der Waals surface area contributed by atoms with E-state index < -0.39 is 0 Å². The molecule has 2 aromatic heterocycles. The van der Waals surface area contributed by atoms with Gasteiger partial charge in [0.15, 0.2) is 0 Å². The van der Waals surface area contributed by atoms with Crippen LogP contribution in [0.3, 0.4) is 0 Å². The first kappa shape index (κ1) is 10.9. The van der Waals surface area contributed by atoms with E-state index in [2.05, 4.69) is 28.4 Å². The number of anilines is 2. The lowest BCUT2D eigenvalue weighted by atomic mass is 10.1. The highest BCUT2D eigenvalue weighted by atomic mass is 32.1. The number of hydrogen-bond acceptors (Lipinski definition) is 5. The van der Waals surface area contributed by atoms with E-state index in [1.807, 2.05) is 34.9 Å². The average Bonchev–Trinajstić information content (AvgIpc) is 3.05. The summed E-state index contributed by atoms with van der Waals surface area (Å²) in [4.78, 5) is 8.91. The normalized spacial score (nSPS) is 14.1. The summed E-state index contributed by atoms with van der Waals surface area (Å²) in [5.74, 6) is 0.912. The lowest BCUT2D eigenvalue weighted by Gasteiger charge is -2.18. The van der Waals surface area contributed by atoms with Crippen molar-refractivity contribution in [3.63, 3.8) is 0 Å². The summed E-state index contributed by atoms with van der Waals surface area (Å²) in [5, 5.41) is 2.04. The van der Waals surface area contributed by atoms with Crippen molar-refractivity contribution in [2.75, 3.05) is 5.01 Å². The van der Waals surface area contributed by atoms with Gasteiger partial charge in [0.1, 0.15) is 5.82 Å². The molecule has 0 atom stereocenters. The number of aromatic nitrogens is 2. The molecule has 1 N–H and O–H groups in total. The van der Waals surface area contributed by atoms with Gasteiger partial charge in [0.2, 0.25) is 0 Å². The molecule has 0 saturated carbocycles. The maximum Gasteiger partial charge on any atom is 0.147 e. The van der Waals surface area contributed by atoms with Crippen molar-refractivity contribution >= 4 is 33.1 Å². The first-order chi connectivity index (χ1) is 9.34. The van der Waals surface area contributed by atoms with Gasteiger partial charge in [-0.25, -0.2) is 15.4 Å². The van der Waals surface area contributed by atoms with Gasteiger partial charge in [-0.2, -0.15) is 0 Å². The van der Waals surface area contributed by atoms with E-state index in [9.17, 15) is 0 Å². The molecule has 4 nitrogen and oxygen atoms in total. The first-order valence-electron chi connectivity index (χ1n) is 6.15. The maximum absolute atomic E-state index is 4.51. The third-order valence-electron chi connectivity index (χ3n) is 3.41. The zero-order valence-corrected chi connectivity index (χ0v) is 11.2. The van der Waals surface area contributed by atoms with Gasteiger partial charge in [-0.3, -0.25) is 5.01 Å². The number of pyridine rings is 1. The summed E-state index contributed by atoms with van der Waals surface area (Å²) < 4.78 is 1.28. The Morgan fingerprint density at radius 2 is 2.26 bits per heavy atom. The Labute approximate surface area is 114 Å². The number of nitrogens with zero attached hydrogens (tertiary/aromatic N) is 3. The Kier molecular flexibility index (Phi) is 2.30. The maximum atomic E-state index is 4.51. The van der Waals surface area contributed by atoms with E-state index in [-0.39, 0.29) is 0 Å². The molecule has 0 spiro atoms. The summed E-state index contributed by atoms with van der Waals surface area (Å²) >= 11 is 1.70. The second-order valence-electron chi connectivity index (χ2n) is 4.58. The van der Waals surface area contributed by atoms with Crippen molar-refractivity contribution in [3.05, 3.63) is 47.1 Å². The smallest absolute Gasteiger partial charge is 0.147 e. The van der Waals surface area contributed by atoms with Crippen LogP contribution in [0.5, 0.6) is 0 Å². The summed E-state index contributed by atoms with van der Waals surface area (Å²) in [7, 11) is 0. The van der Waals surface area contributed by atoms with Crippen LogP contribution in [0, 0.1) is 6.92 Å². The number of rotatable bonds is 1. The van der Waals surface area contributed by atoms with Gasteiger partial charge in [-0.05, 0) is 30.7 Å². The van der Waals surface area contributed by atoms with Gasteiger partial charge in [-0.15, -0.1) is 11.3 Å². The van der Waals surface area contributed by atoms with Crippen LogP contribution in [0.2, 0.25) is 0 Å². The van der Waals surface area contributed by atoms with Crippen molar-refractivity contribution in [1.29, 1.82) is 0 Å². The number of fused-ring (bicyclic) bond motifs is 3. The molecule has 1 aliphatic rings. The van der Waals surface area contributed by atoms with Crippen molar-refractivity contribution in [3.8, 4) is 0 Å².